The molecule has 0 radical (unpaired) electrons. The predicted octanol–water partition coefficient (Wildman–Crippen LogP) is 4.46. The van der Waals surface area contributed by atoms with Crippen LogP contribution >= 0.6 is 0 Å². The zero-order chi connectivity index (χ0) is 24.6. The Morgan fingerprint density at radius 3 is 2.47 bits per heavy atom. The molecule has 2 aromatic heterocycles. The minimum absolute atomic E-state index is 0.155. The summed E-state index contributed by atoms with van der Waals surface area (Å²) in [6.07, 6.45) is -3.63. The zero-order valence-electron chi connectivity index (χ0n) is 19.0. The van der Waals surface area contributed by atoms with Crippen LogP contribution < -0.4 is 20.7 Å². The standard InChI is InChI=1S/C23H23F3N6O2/c1-13-6-5-7-20(32-22(33)29-31(4)30-32)18(13)12-34-21-14(2)10-17(15(3)28-21)19-9-8-16(11-27-19)23(24,25)26/h5-11,30H,12H2,1-4H3,(H,29,33). The van der Waals surface area contributed by atoms with Crippen LogP contribution in [0.25, 0.3) is 11.3 Å². The lowest BCUT2D eigenvalue weighted by Crippen LogP contribution is -2.39. The highest BCUT2D eigenvalue weighted by Gasteiger charge is 2.31. The molecule has 1 aromatic carbocycles. The van der Waals surface area contributed by atoms with E-state index in [1.54, 1.807) is 27.0 Å². The third-order valence-electron chi connectivity index (χ3n) is 5.42. The minimum Gasteiger partial charge on any atom is -0.473 e. The van der Waals surface area contributed by atoms with Gasteiger partial charge in [-0.3, -0.25) is 10.4 Å². The Morgan fingerprint density at radius 2 is 1.85 bits per heavy atom. The van der Waals surface area contributed by atoms with Crippen molar-refractivity contribution >= 4 is 11.7 Å². The van der Waals surface area contributed by atoms with Gasteiger partial charge in [-0.05, 0) is 50.6 Å². The molecular formula is C23H23F3N6O2. The van der Waals surface area contributed by atoms with E-state index in [2.05, 4.69) is 20.9 Å². The van der Waals surface area contributed by atoms with E-state index in [-0.39, 0.29) is 12.6 Å². The lowest BCUT2D eigenvalue weighted by molar-refractivity contribution is -0.137. The number of aryl methyl sites for hydroxylation is 3. The first-order valence-electron chi connectivity index (χ1n) is 10.4. The number of benzene rings is 1. The zero-order valence-corrected chi connectivity index (χ0v) is 19.0. The van der Waals surface area contributed by atoms with E-state index in [4.69, 9.17) is 4.74 Å². The number of hydrogen-bond acceptors (Lipinski definition) is 6. The van der Waals surface area contributed by atoms with Crippen molar-refractivity contribution in [1.82, 2.24) is 26.0 Å². The molecule has 11 heteroatoms. The maximum Gasteiger partial charge on any atom is 0.417 e. The van der Waals surface area contributed by atoms with Gasteiger partial charge in [-0.2, -0.15) is 13.2 Å². The molecule has 8 nitrogen and oxygen atoms in total. The van der Waals surface area contributed by atoms with Gasteiger partial charge >= 0.3 is 12.2 Å². The topological polar surface area (TPSA) is 82.6 Å². The van der Waals surface area contributed by atoms with E-state index in [1.807, 2.05) is 25.1 Å². The third kappa shape index (κ3) is 4.66. The van der Waals surface area contributed by atoms with Crippen molar-refractivity contribution in [2.75, 3.05) is 12.1 Å². The molecule has 0 aliphatic carbocycles. The Kier molecular flexibility index (Phi) is 6.15. The molecule has 4 rings (SSSR count). The molecule has 0 bridgehead atoms. The van der Waals surface area contributed by atoms with Crippen molar-refractivity contribution < 1.29 is 22.7 Å². The predicted molar refractivity (Wildman–Crippen MR) is 119 cm³/mol. The molecule has 0 spiro atoms. The van der Waals surface area contributed by atoms with Crippen LogP contribution in [-0.2, 0) is 12.8 Å². The van der Waals surface area contributed by atoms with E-state index >= 15 is 0 Å². The number of carbonyl (C=O) groups is 1. The number of alkyl halides is 3. The highest BCUT2D eigenvalue weighted by Crippen LogP contribution is 2.32. The van der Waals surface area contributed by atoms with E-state index < -0.39 is 11.7 Å². The number of ether oxygens (including phenoxy) is 1. The number of amides is 2. The van der Waals surface area contributed by atoms with Gasteiger partial charge in [-0.25, -0.2) is 14.8 Å². The van der Waals surface area contributed by atoms with Gasteiger partial charge in [-0.1, -0.05) is 12.1 Å². The Labute approximate surface area is 194 Å². The average molecular weight is 472 g/mol. The molecule has 1 saturated heterocycles. The highest BCUT2D eigenvalue weighted by atomic mass is 19.4. The maximum atomic E-state index is 12.8. The number of nitrogens with zero attached hydrogens (tertiary/aromatic N) is 4. The summed E-state index contributed by atoms with van der Waals surface area (Å²) in [6.45, 7) is 5.63. The average Bonchev–Trinajstić information content (AvgIpc) is 3.11. The molecular weight excluding hydrogens is 449 g/mol. The number of nitrogens with one attached hydrogen (secondary N) is 2. The first kappa shape index (κ1) is 23.5. The number of aromatic nitrogens is 2. The van der Waals surface area contributed by atoms with Gasteiger partial charge in [-0.15, -0.1) is 10.7 Å². The van der Waals surface area contributed by atoms with Gasteiger partial charge in [0.05, 0.1) is 22.6 Å². The van der Waals surface area contributed by atoms with Crippen molar-refractivity contribution in [1.29, 1.82) is 0 Å². The fourth-order valence-corrected chi connectivity index (χ4v) is 3.61. The molecule has 3 heterocycles. The fraction of sp³-hybridized carbons (Fsp3) is 0.261. The first-order chi connectivity index (χ1) is 16.0. The number of hydrazine groups is 3. The Balaban J connectivity index is 1.58. The van der Waals surface area contributed by atoms with Crippen LogP contribution in [0.2, 0.25) is 0 Å². The summed E-state index contributed by atoms with van der Waals surface area (Å²) in [7, 11) is 1.67. The molecule has 178 valence electrons. The Morgan fingerprint density at radius 1 is 1.09 bits per heavy atom. The van der Waals surface area contributed by atoms with Crippen LogP contribution in [0.4, 0.5) is 23.7 Å². The maximum absolute atomic E-state index is 12.8. The number of urea groups is 1. The summed E-state index contributed by atoms with van der Waals surface area (Å²) in [4.78, 5) is 20.7. The summed E-state index contributed by atoms with van der Waals surface area (Å²) in [5.41, 5.74) is 9.38. The van der Waals surface area contributed by atoms with Crippen LogP contribution in [0.1, 0.15) is 27.9 Å². The molecule has 34 heavy (non-hydrogen) atoms. The van der Waals surface area contributed by atoms with Gasteiger partial charge in [0.25, 0.3) is 0 Å². The number of pyridine rings is 2. The van der Waals surface area contributed by atoms with Crippen LogP contribution in [0.5, 0.6) is 5.88 Å². The molecule has 2 amide bonds. The summed E-state index contributed by atoms with van der Waals surface area (Å²) in [6, 6.07) is 9.37. The smallest absolute Gasteiger partial charge is 0.417 e. The van der Waals surface area contributed by atoms with Crippen LogP contribution in [0, 0.1) is 20.8 Å². The van der Waals surface area contributed by atoms with Crippen molar-refractivity contribution in [3.63, 3.8) is 0 Å². The molecule has 0 saturated carbocycles. The number of anilines is 1. The normalized spacial score (nSPS) is 14.4. The fourth-order valence-electron chi connectivity index (χ4n) is 3.61. The molecule has 0 atom stereocenters. The lowest BCUT2D eigenvalue weighted by Gasteiger charge is -2.20. The summed E-state index contributed by atoms with van der Waals surface area (Å²) >= 11 is 0. The van der Waals surface area contributed by atoms with E-state index in [0.717, 1.165) is 23.4 Å². The second-order valence-electron chi connectivity index (χ2n) is 7.95. The molecule has 0 unspecified atom stereocenters. The van der Waals surface area contributed by atoms with E-state index in [1.165, 1.54) is 16.2 Å². The molecule has 1 fully saturated rings. The van der Waals surface area contributed by atoms with Crippen molar-refractivity contribution in [3.8, 4) is 17.1 Å². The second kappa shape index (κ2) is 8.92. The van der Waals surface area contributed by atoms with Crippen LogP contribution in [-0.4, -0.2) is 28.2 Å². The SMILES string of the molecule is Cc1cc(-c2ccc(C(F)(F)F)cn2)c(C)nc1OCc1c(C)cccc1N1NN(C)NC1=O. The number of hydrogen-bond donors (Lipinski definition) is 2. The lowest BCUT2D eigenvalue weighted by atomic mass is 10.1. The number of rotatable bonds is 5. The largest absolute Gasteiger partial charge is 0.473 e. The van der Waals surface area contributed by atoms with Gasteiger partial charge in [0, 0.05) is 29.9 Å². The summed E-state index contributed by atoms with van der Waals surface area (Å²) in [5.74, 6) is 0.387. The van der Waals surface area contributed by atoms with Gasteiger partial charge in [0.2, 0.25) is 5.88 Å². The minimum atomic E-state index is -4.44. The van der Waals surface area contributed by atoms with Crippen molar-refractivity contribution in [3.05, 3.63) is 70.5 Å². The molecule has 3 aromatic rings. The Bertz CT molecular complexity index is 1230. The van der Waals surface area contributed by atoms with Crippen LogP contribution in [0.3, 0.4) is 0 Å². The quantitative estimate of drug-likeness (QED) is 0.571. The van der Waals surface area contributed by atoms with Gasteiger partial charge in [0.15, 0.2) is 0 Å². The summed E-state index contributed by atoms with van der Waals surface area (Å²) in [5, 5.41) is 2.83. The van der Waals surface area contributed by atoms with E-state index in [0.29, 0.717) is 34.1 Å². The molecule has 1 aliphatic rings. The monoisotopic (exact) mass is 472 g/mol. The number of carbonyl (C=O) groups excluding carboxylic acids is 1. The second-order valence-corrected chi connectivity index (χ2v) is 7.95. The van der Waals surface area contributed by atoms with Crippen molar-refractivity contribution in [2.45, 2.75) is 33.6 Å². The molecule has 1 aliphatic heterocycles. The van der Waals surface area contributed by atoms with Crippen molar-refractivity contribution in [2.24, 2.45) is 0 Å². The number of halogens is 3. The van der Waals surface area contributed by atoms with Gasteiger partial charge < -0.3 is 4.74 Å². The first-order valence-corrected chi connectivity index (χ1v) is 10.4. The Hall–Kier alpha value is -3.70. The van der Waals surface area contributed by atoms with Gasteiger partial charge in [0.1, 0.15) is 6.61 Å². The summed E-state index contributed by atoms with van der Waals surface area (Å²) < 4.78 is 44.5. The third-order valence-corrected chi connectivity index (χ3v) is 5.42. The van der Waals surface area contributed by atoms with Crippen LogP contribution in [0.15, 0.2) is 42.6 Å². The van der Waals surface area contributed by atoms with E-state index in [9.17, 15) is 18.0 Å². The molecule has 2 N–H and O–H groups in total. The highest BCUT2D eigenvalue weighted by molar-refractivity contribution is 5.93.